The maximum atomic E-state index is 12.5. The molecular weight excluding hydrogens is 458 g/mol. The van der Waals surface area contributed by atoms with E-state index < -0.39 is 41.4 Å². The first kappa shape index (κ1) is 29.9. The van der Waals surface area contributed by atoms with Gasteiger partial charge in [-0.25, -0.2) is 4.79 Å². The van der Waals surface area contributed by atoms with Gasteiger partial charge in [-0.3, -0.25) is 14.4 Å². The molecule has 10 nitrogen and oxygen atoms in total. The topological polar surface area (TPSA) is 140 Å². The van der Waals surface area contributed by atoms with E-state index in [0.717, 1.165) is 0 Å². The summed E-state index contributed by atoms with van der Waals surface area (Å²) in [6, 6.07) is 4.54. The van der Waals surface area contributed by atoms with Crippen molar-refractivity contribution < 1.29 is 42.9 Å². The summed E-state index contributed by atoms with van der Waals surface area (Å²) >= 11 is 0. The Bertz CT molecular complexity index is 895. The molecular formula is C25H37NO9. The van der Waals surface area contributed by atoms with Crippen molar-refractivity contribution in [1.82, 2.24) is 0 Å². The van der Waals surface area contributed by atoms with Crippen molar-refractivity contribution >= 4 is 24.1 Å². The standard InChI is InChI=1S/C25H37NO9/c1-15(2)14-33-24(30)32-11-10-25(26,23(29)31-7)13-18-8-9-19(34-21(27)16(3)4)20(12-18)35-22(28)17(5)6/h8-9,12,15-17H,10-11,13-14,26H2,1-7H3/t25-/m1/s1. The summed E-state index contributed by atoms with van der Waals surface area (Å²) in [6.45, 7) is 10.5. The number of ether oxygens (including phenoxy) is 5. The third-order valence-electron chi connectivity index (χ3n) is 4.79. The summed E-state index contributed by atoms with van der Waals surface area (Å²) in [5, 5.41) is 0. The van der Waals surface area contributed by atoms with Gasteiger partial charge in [0.05, 0.1) is 32.2 Å². The van der Waals surface area contributed by atoms with E-state index in [2.05, 4.69) is 0 Å². The van der Waals surface area contributed by atoms with Crippen LogP contribution in [-0.2, 0) is 35.0 Å². The molecule has 1 aromatic rings. The zero-order valence-corrected chi connectivity index (χ0v) is 21.5. The highest BCUT2D eigenvalue weighted by Gasteiger charge is 2.36. The molecule has 0 saturated heterocycles. The van der Waals surface area contributed by atoms with E-state index >= 15 is 0 Å². The zero-order chi connectivity index (χ0) is 26.8. The molecule has 2 N–H and O–H groups in total. The molecule has 35 heavy (non-hydrogen) atoms. The van der Waals surface area contributed by atoms with Crippen LogP contribution >= 0.6 is 0 Å². The summed E-state index contributed by atoms with van der Waals surface area (Å²) in [5.74, 6) is -2.32. The quantitative estimate of drug-likeness (QED) is 0.339. The van der Waals surface area contributed by atoms with E-state index in [1.165, 1.54) is 19.2 Å². The van der Waals surface area contributed by atoms with Gasteiger partial charge in [0, 0.05) is 12.8 Å². The van der Waals surface area contributed by atoms with Gasteiger partial charge in [-0.2, -0.15) is 0 Å². The number of carbonyl (C=O) groups excluding carboxylic acids is 4. The third-order valence-corrected chi connectivity index (χ3v) is 4.79. The molecule has 0 bridgehead atoms. The van der Waals surface area contributed by atoms with E-state index in [9.17, 15) is 19.2 Å². The number of hydrogen-bond donors (Lipinski definition) is 1. The summed E-state index contributed by atoms with van der Waals surface area (Å²) in [7, 11) is 1.20. The van der Waals surface area contributed by atoms with Crippen LogP contribution < -0.4 is 15.2 Å². The first-order chi connectivity index (χ1) is 16.3. The highest BCUT2D eigenvalue weighted by atomic mass is 16.7. The molecule has 0 aliphatic carbocycles. The molecule has 0 saturated carbocycles. The minimum atomic E-state index is -1.55. The largest absolute Gasteiger partial charge is 0.508 e. The van der Waals surface area contributed by atoms with Gasteiger partial charge in [-0.15, -0.1) is 0 Å². The molecule has 196 valence electrons. The molecule has 10 heteroatoms. The second-order valence-corrected chi connectivity index (χ2v) is 9.31. The molecule has 0 aliphatic heterocycles. The van der Waals surface area contributed by atoms with E-state index in [4.69, 9.17) is 29.4 Å². The molecule has 0 spiro atoms. The second-order valence-electron chi connectivity index (χ2n) is 9.31. The lowest BCUT2D eigenvalue weighted by Gasteiger charge is -2.26. The Morgan fingerprint density at radius 2 is 1.46 bits per heavy atom. The average molecular weight is 496 g/mol. The van der Waals surface area contributed by atoms with Crippen molar-refractivity contribution in [2.24, 2.45) is 23.5 Å². The highest BCUT2D eigenvalue weighted by molar-refractivity contribution is 5.81. The molecule has 0 heterocycles. The monoisotopic (exact) mass is 495 g/mol. The molecule has 1 aromatic carbocycles. The fourth-order valence-corrected chi connectivity index (χ4v) is 2.70. The Hall–Kier alpha value is -3.14. The average Bonchev–Trinajstić information content (AvgIpc) is 2.78. The van der Waals surface area contributed by atoms with E-state index in [0.29, 0.717) is 5.56 Å². The molecule has 1 rings (SSSR count). The van der Waals surface area contributed by atoms with Gasteiger partial charge in [0.1, 0.15) is 5.54 Å². The van der Waals surface area contributed by atoms with Crippen LogP contribution in [-0.4, -0.2) is 49.9 Å². The van der Waals surface area contributed by atoms with Crippen molar-refractivity contribution in [1.29, 1.82) is 0 Å². The van der Waals surface area contributed by atoms with E-state index in [-0.39, 0.29) is 43.5 Å². The van der Waals surface area contributed by atoms with Crippen LogP contribution in [0.1, 0.15) is 53.5 Å². The molecule has 0 radical (unpaired) electrons. The molecule has 0 unspecified atom stereocenters. The molecule has 0 fully saturated rings. The highest BCUT2D eigenvalue weighted by Crippen LogP contribution is 2.31. The van der Waals surface area contributed by atoms with Gasteiger partial charge in [0.2, 0.25) is 0 Å². The lowest BCUT2D eigenvalue weighted by atomic mass is 9.88. The number of benzene rings is 1. The SMILES string of the molecule is COC(=O)[C@@](N)(CCOC(=O)OCC(C)C)Cc1ccc(OC(=O)C(C)C)c(OC(=O)C(C)C)c1. The van der Waals surface area contributed by atoms with Crippen LogP contribution in [0.4, 0.5) is 4.79 Å². The summed E-state index contributed by atoms with van der Waals surface area (Å²) in [6.07, 6.45) is -0.943. The fraction of sp³-hybridized carbons (Fsp3) is 0.600. The number of hydrogen-bond acceptors (Lipinski definition) is 10. The molecule has 0 aromatic heterocycles. The minimum Gasteiger partial charge on any atom is -0.468 e. The van der Waals surface area contributed by atoms with Crippen LogP contribution in [0.15, 0.2) is 18.2 Å². The number of esters is 3. The fourth-order valence-electron chi connectivity index (χ4n) is 2.70. The first-order valence-corrected chi connectivity index (χ1v) is 11.5. The normalized spacial score (nSPS) is 12.8. The van der Waals surface area contributed by atoms with E-state index in [1.807, 2.05) is 13.8 Å². The van der Waals surface area contributed by atoms with Gasteiger partial charge < -0.3 is 29.4 Å². The Labute approximate surface area is 206 Å². The minimum absolute atomic E-state index is 0.0240. The first-order valence-electron chi connectivity index (χ1n) is 11.5. The lowest BCUT2D eigenvalue weighted by Crippen LogP contribution is -2.51. The zero-order valence-electron chi connectivity index (χ0n) is 21.5. The van der Waals surface area contributed by atoms with Crippen LogP contribution in [0.25, 0.3) is 0 Å². The number of nitrogens with two attached hydrogens (primary N) is 1. The van der Waals surface area contributed by atoms with Gasteiger partial charge >= 0.3 is 24.1 Å². The number of methoxy groups -OCH3 is 1. The molecule has 1 atom stereocenters. The van der Waals surface area contributed by atoms with Crippen molar-refractivity contribution in [2.75, 3.05) is 20.3 Å². The lowest BCUT2D eigenvalue weighted by molar-refractivity contribution is -0.148. The van der Waals surface area contributed by atoms with Crippen LogP contribution in [0.2, 0.25) is 0 Å². The predicted molar refractivity (Wildman–Crippen MR) is 127 cm³/mol. The molecule has 0 amide bonds. The smallest absolute Gasteiger partial charge is 0.468 e. The molecule has 0 aliphatic rings. The van der Waals surface area contributed by atoms with Crippen molar-refractivity contribution in [3.8, 4) is 11.5 Å². The maximum Gasteiger partial charge on any atom is 0.508 e. The summed E-state index contributed by atoms with van der Waals surface area (Å²) in [4.78, 5) is 48.5. The summed E-state index contributed by atoms with van der Waals surface area (Å²) < 4.78 is 25.6. The van der Waals surface area contributed by atoms with Gasteiger partial charge in [0.25, 0.3) is 0 Å². The Balaban J connectivity index is 3.11. The Kier molecular flexibility index (Phi) is 11.7. The van der Waals surface area contributed by atoms with Gasteiger partial charge in [-0.1, -0.05) is 47.6 Å². The van der Waals surface area contributed by atoms with E-state index in [1.54, 1.807) is 33.8 Å². The third kappa shape index (κ3) is 9.94. The van der Waals surface area contributed by atoms with Crippen molar-refractivity contribution in [2.45, 2.75) is 59.9 Å². The number of carbonyl (C=O) groups is 4. The second kappa shape index (κ2) is 13.7. The van der Waals surface area contributed by atoms with Crippen LogP contribution in [0, 0.1) is 17.8 Å². The van der Waals surface area contributed by atoms with Crippen molar-refractivity contribution in [3.05, 3.63) is 23.8 Å². The maximum absolute atomic E-state index is 12.5. The van der Waals surface area contributed by atoms with Gasteiger partial charge in [-0.05, 0) is 23.6 Å². The van der Waals surface area contributed by atoms with Crippen LogP contribution in [0.5, 0.6) is 11.5 Å². The Morgan fingerprint density at radius 1 is 0.886 bits per heavy atom. The van der Waals surface area contributed by atoms with Crippen LogP contribution in [0.3, 0.4) is 0 Å². The predicted octanol–water partition coefficient (Wildman–Crippen LogP) is 3.42. The van der Waals surface area contributed by atoms with Crippen molar-refractivity contribution in [3.63, 3.8) is 0 Å². The van der Waals surface area contributed by atoms with Gasteiger partial charge in [0.15, 0.2) is 11.5 Å². The Morgan fingerprint density at radius 3 is 1.97 bits per heavy atom. The number of rotatable bonds is 12. The summed E-state index contributed by atoms with van der Waals surface area (Å²) in [5.41, 5.74) is 5.31.